The van der Waals surface area contributed by atoms with Crippen LogP contribution in [0.3, 0.4) is 0 Å². The first kappa shape index (κ1) is 72.8. The molecule has 0 aliphatic heterocycles. The van der Waals surface area contributed by atoms with Gasteiger partial charge in [0.25, 0.3) is 0 Å². The van der Waals surface area contributed by atoms with Gasteiger partial charge in [-0.1, -0.05) is 328 Å². The highest BCUT2D eigenvalue weighted by Gasteiger charge is 2.44. The number of benzene rings is 14. The number of nitrogens with zero attached hydrogens (tertiary/aromatic N) is 12. The maximum Gasteiger partial charge on any atom is 0.164 e. The molecule has 0 saturated heterocycles. The molecule has 6 aromatic heterocycles. The minimum atomic E-state index is 0.0900. The molecule has 580 valence electrons. The van der Waals surface area contributed by atoms with Crippen LogP contribution in [0.4, 0.5) is 0 Å². The molecule has 124 heavy (non-hydrogen) atoms. The highest BCUT2D eigenvalue weighted by atomic mass is 15.0. The first-order chi connectivity index (χ1) is 61.4. The standard InChI is InChI=1S/2C56H36N6/c1-4-13-37(14-5-1)53-58-49(33-50(59-53)42-19-12-30-57-34-42)36-24-22-35(23-25-36)40-26-28-45-47(31-40)51-43-20-10-11-21-44(43)52(45)48-32-41(27-29-46(48)51)56-61-54(38-15-6-2-7-16-38)60-55(62-56)39-17-8-3-9-18-39;1-4-12-38(13-5-1)53-58-49(34-50(59-53)37-28-30-57-31-29-37)36-22-20-35(21-23-36)41-24-26-45-47(32-41)51-43-18-10-11-19-44(43)52(45)48-33-42(25-27-46(48)51)56-61-54(39-14-6-2-7-15-39)60-55(62-56)40-16-8-3-9-17-40/h2*1-34,51-52H. The van der Waals surface area contributed by atoms with Crippen LogP contribution in [0, 0.1) is 0 Å². The normalized spacial score (nSPS) is 14.5. The predicted molar refractivity (Wildman–Crippen MR) is 492 cm³/mol. The van der Waals surface area contributed by atoms with Crippen molar-refractivity contribution in [1.82, 2.24) is 59.8 Å². The van der Waals surface area contributed by atoms with Gasteiger partial charge in [-0.3, -0.25) is 9.97 Å². The minimum absolute atomic E-state index is 0.0900. The van der Waals surface area contributed by atoms with E-state index in [0.29, 0.717) is 46.6 Å². The Labute approximate surface area is 717 Å². The van der Waals surface area contributed by atoms with Crippen molar-refractivity contribution in [3.05, 3.63) is 480 Å². The molecule has 0 saturated carbocycles. The summed E-state index contributed by atoms with van der Waals surface area (Å²) in [6.45, 7) is 0. The largest absolute Gasteiger partial charge is 0.265 e. The highest BCUT2D eigenvalue weighted by molar-refractivity contribution is 5.82. The molecule has 0 spiro atoms. The van der Waals surface area contributed by atoms with Crippen molar-refractivity contribution in [2.75, 3.05) is 0 Å². The van der Waals surface area contributed by atoms with Crippen molar-refractivity contribution < 1.29 is 0 Å². The van der Waals surface area contributed by atoms with Gasteiger partial charge < -0.3 is 0 Å². The Balaban J connectivity index is 0.000000143. The summed E-state index contributed by atoms with van der Waals surface area (Å²) in [5.41, 5.74) is 36.1. The topological polar surface area (TPSA) is 155 Å². The molecule has 0 fully saturated rings. The summed E-state index contributed by atoms with van der Waals surface area (Å²) in [6.07, 6.45) is 7.23. The Bertz CT molecular complexity index is 6780. The molecule has 6 aliphatic carbocycles. The zero-order valence-corrected chi connectivity index (χ0v) is 66.9. The average Bonchev–Trinajstić information content (AvgIpc) is 0.703. The van der Waals surface area contributed by atoms with E-state index >= 15 is 0 Å². The van der Waals surface area contributed by atoms with E-state index in [-0.39, 0.29) is 23.7 Å². The van der Waals surface area contributed by atoms with Gasteiger partial charge in [-0.05, 0) is 150 Å². The molecule has 0 radical (unpaired) electrons. The summed E-state index contributed by atoms with van der Waals surface area (Å²) in [5, 5.41) is 0. The van der Waals surface area contributed by atoms with Gasteiger partial charge in [0, 0.05) is 115 Å². The zero-order chi connectivity index (χ0) is 82.0. The van der Waals surface area contributed by atoms with Crippen LogP contribution in [0.5, 0.6) is 0 Å². The molecule has 0 amide bonds. The SMILES string of the molecule is c1ccc(-c2nc(-c3ccc(-c4ccc5c(c4)C4c6ccccc6C5c5cc(-c6nc(-c7ccccc7)nc(-c7ccccc7)n6)ccc54)cc3)cc(-c3cccnc3)n2)cc1.c1ccc(-c2nc(-c3ccncc3)cc(-c3ccc(-c4ccc5c(c4)C4c6ccccc6C5c5cc(-c6nc(-c7ccccc7)nc(-c7ccccc7)n6)ccc54)cc3)n2)cc1. The third-order valence-corrected chi connectivity index (χ3v) is 24.5. The van der Waals surface area contributed by atoms with Crippen molar-refractivity contribution in [3.63, 3.8) is 0 Å². The molecule has 4 unspecified atom stereocenters. The lowest BCUT2D eigenvalue weighted by atomic mass is 9.60. The molecule has 12 heteroatoms. The third kappa shape index (κ3) is 13.4. The Morgan fingerprint density at radius 3 is 0.653 bits per heavy atom. The molecule has 4 atom stereocenters. The maximum absolute atomic E-state index is 5.07. The van der Waals surface area contributed by atoms with Crippen molar-refractivity contribution in [2.45, 2.75) is 23.7 Å². The van der Waals surface area contributed by atoms with Crippen LogP contribution in [-0.2, 0) is 0 Å². The van der Waals surface area contributed by atoms with E-state index < -0.39 is 0 Å². The van der Waals surface area contributed by atoms with E-state index in [1.807, 2.05) is 152 Å². The van der Waals surface area contributed by atoms with E-state index in [4.69, 9.17) is 49.8 Å². The number of pyridine rings is 2. The first-order valence-electron chi connectivity index (χ1n) is 41.8. The van der Waals surface area contributed by atoms with Gasteiger partial charge in [0.05, 0.1) is 22.8 Å². The van der Waals surface area contributed by atoms with E-state index in [9.17, 15) is 0 Å². The van der Waals surface area contributed by atoms with E-state index in [0.717, 1.165) is 101 Å². The van der Waals surface area contributed by atoms with Crippen molar-refractivity contribution >= 4 is 0 Å². The van der Waals surface area contributed by atoms with Gasteiger partial charge in [0.15, 0.2) is 46.6 Å². The van der Waals surface area contributed by atoms with Gasteiger partial charge in [0.1, 0.15) is 0 Å². The predicted octanol–water partition coefficient (Wildman–Crippen LogP) is 25.4. The summed E-state index contributed by atoms with van der Waals surface area (Å²) in [7, 11) is 0. The van der Waals surface area contributed by atoms with Crippen molar-refractivity contribution in [3.8, 4) is 158 Å². The molecular formula is C112H72N12. The van der Waals surface area contributed by atoms with E-state index in [1.54, 1.807) is 18.6 Å². The molecule has 4 bridgehead atoms. The first-order valence-corrected chi connectivity index (χ1v) is 41.8. The van der Waals surface area contributed by atoms with Crippen LogP contribution in [0.1, 0.15) is 90.4 Å². The third-order valence-electron chi connectivity index (χ3n) is 24.5. The van der Waals surface area contributed by atoms with Gasteiger partial charge in [-0.2, -0.15) is 0 Å². The lowest BCUT2D eigenvalue weighted by Gasteiger charge is -2.42. The second-order valence-electron chi connectivity index (χ2n) is 31.7. The fourth-order valence-electron chi connectivity index (χ4n) is 18.6. The summed E-state index contributed by atoms with van der Waals surface area (Å²) < 4.78 is 0. The van der Waals surface area contributed by atoms with Crippen LogP contribution in [0.25, 0.3) is 158 Å². The molecule has 14 aromatic carbocycles. The van der Waals surface area contributed by atoms with Crippen LogP contribution in [0.2, 0.25) is 0 Å². The molecule has 6 aliphatic rings. The summed E-state index contributed by atoms with van der Waals surface area (Å²) in [5.74, 6) is 5.75. The Morgan fingerprint density at radius 2 is 0.355 bits per heavy atom. The monoisotopic (exact) mass is 1580 g/mol. The summed E-state index contributed by atoms with van der Waals surface area (Å²) in [4.78, 5) is 58.8. The summed E-state index contributed by atoms with van der Waals surface area (Å²) in [6, 6.07) is 136. The van der Waals surface area contributed by atoms with Gasteiger partial charge in [-0.25, -0.2) is 49.8 Å². The molecule has 20 aromatic rings. The van der Waals surface area contributed by atoms with Gasteiger partial charge in [0.2, 0.25) is 0 Å². The van der Waals surface area contributed by atoms with Gasteiger partial charge in [-0.15, -0.1) is 0 Å². The lowest BCUT2D eigenvalue weighted by molar-refractivity contribution is 0.755. The average molecular weight is 1590 g/mol. The van der Waals surface area contributed by atoms with Crippen LogP contribution in [0.15, 0.2) is 413 Å². The number of hydrogen-bond acceptors (Lipinski definition) is 12. The number of hydrogen-bond donors (Lipinski definition) is 0. The molecule has 12 nitrogen and oxygen atoms in total. The van der Waals surface area contributed by atoms with E-state index in [1.165, 1.54) is 77.9 Å². The fraction of sp³-hybridized carbons (Fsp3) is 0.0357. The summed E-state index contributed by atoms with van der Waals surface area (Å²) >= 11 is 0. The second-order valence-corrected chi connectivity index (χ2v) is 31.7. The molecular weight excluding hydrogens is 1510 g/mol. The van der Waals surface area contributed by atoms with Crippen molar-refractivity contribution in [2.24, 2.45) is 0 Å². The lowest BCUT2D eigenvalue weighted by Crippen LogP contribution is -2.27. The number of rotatable bonds is 14. The van der Waals surface area contributed by atoms with Crippen molar-refractivity contribution in [1.29, 1.82) is 0 Å². The highest BCUT2D eigenvalue weighted by Crippen LogP contribution is 2.59. The molecule has 26 rings (SSSR count). The van der Waals surface area contributed by atoms with E-state index in [2.05, 4.69) is 253 Å². The fourth-order valence-corrected chi connectivity index (χ4v) is 18.6. The second kappa shape index (κ2) is 31.0. The van der Waals surface area contributed by atoms with Crippen LogP contribution < -0.4 is 0 Å². The maximum atomic E-state index is 5.07. The Kier molecular flexibility index (Phi) is 18.2. The zero-order valence-electron chi connectivity index (χ0n) is 66.9. The minimum Gasteiger partial charge on any atom is -0.265 e. The number of aromatic nitrogens is 12. The van der Waals surface area contributed by atoms with Crippen LogP contribution >= 0.6 is 0 Å². The quantitative estimate of drug-likeness (QED) is 0.102. The Hall–Kier alpha value is -16.4. The van der Waals surface area contributed by atoms with Crippen LogP contribution in [-0.4, -0.2) is 59.8 Å². The Morgan fingerprint density at radius 1 is 0.129 bits per heavy atom. The molecule has 6 heterocycles. The smallest absolute Gasteiger partial charge is 0.164 e. The van der Waals surface area contributed by atoms with Gasteiger partial charge >= 0.3 is 0 Å². The molecule has 0 N–H and O–H groups in total.